The molecule has 18 heavy (non-hydrogen) atoms. The average Bonchev–Trinajstić information content (AvgIpc) is 2.36. The second kappa shape index (κ2) is 4.04. The highest BCUT2D eigenvalue weighted by Gasteiger charge is 2.04. The minimum absolute atomic E-state index is 0.616. The largest absolute Gasteiger partial charge is 0.465 e. The van der Waals surface area contributed by atoms with E-state index in [1.54, 1.807) is 6.07 Å². The van der Waals surface area contributed by atoms with Crippen LogP contribution in [-0.4, -0.2) is 11.2 Å². The van der Waals surface area contributed by atoms with Gasteiger partial charge in [0.2, 0.25) is 0 Å². The number of carboxylic acid groups (broad SMARTS) is 1. The standard InChI is InChI=1S/C15H11NO2/c17-15(18)16-14-7-3-6-12-8-10-4-1-2-5-11(10)9-13(12)14/h1-9,16H,(H,17,18). The van der Waals surface area contributed by atoms with E-state index in [1.165, 1.54) is 0 Å². The van der Waals surface area contributed by atoms with Gasteiger partial charge in [0.25, 0.3) is 0 Å². The molecule has 0 fully saturated rings. The van der Waals surface area contributed by atoms with Crippen molar-refractivity contribution in [3.63, 3.8) is 0 Å². The van der Waals surface area contributed by atoms with E-state index >= 15 is 0 Å². The van der Waals surface area contributed by atoms with E-state index in [1.807, 2.05) is 42.5 Å². The fourth-order valence-corrected chi connectivity index (χ4v) is 2.19. The molecule has 0 spiro atoms. The number of carbonyl (C=O) groups is 1. The van der Waals surface area contributed by atoms with E-state index in [-0.39, 0.29) is 0 Å². The zero-order valence-electron chi connectivity index (χ0n) is 9.55. The maximum Gasteiger partial charge on any atom is 0.409 e. The molecule has 0 unspecified atom stereocenters. The van der Waals surface area contributed by atoms with Crippen molar-refractivity contribution in [2.24, 2.45) is 0 Å². The lowest BCUT2D eigenvalue weighted by Gasteiger charge is -2.07. The lowest BCUT2D eigenvalue weighted by Crippen LogP contribution is -2.07. The predicted molar refractivity (Wildman–Crippen MR) is 73.1 cm³/mol. The van der Waals surface area contributed by atoms with Gasteiger partial charge in [0.1, 0.15) is 0 Å². The molecule has 0 aliphatic carbocycles. The van der Waals surface area contributed by atoms with Gasteiger partial charge in [-0.05, 0) is 34.4 Å². The fourth-order valence-electron chi connectivity index (χ4n) is 2.19. The second-order valence-electron chi connectivity index (χ2n) is 4.16. The molecule has 88 valence electrons. The van der Waals surface area contributed by atoms with Gasteiger partial charge in [-0.25, -0.2) is 4.79 Å². The molecular formula is C15H11NO2. The Morgan fingerprint density at radius 2 is 1.56 bits per heavy atom. The van der Waals surface area contributed by atoms with Gasteiger partial charge in [0, 0.05) is 5.39 Å². The molecule has 0 heterocycles. The summed E-state index contributed by atoms with van der Waals surface area (Å²) in [4.78, 5) is 10.8. The highest BCUT2D eigenvalue weighted by atomic mass is 16.4. The van der Waals surface area contributed by atoms with Crippen LogP contribution in [0.3, 0.4) is 0 Å². The first-order chi connectivity index (χ1) is 8.74. The molecule has 3 aromatic carbocycles. The Morgan fingerprint density at radius 3 is 2.28 bits per heavy atom. The number of hydrogen-bond acceptors (Lipinski definition) is 1. The van der Waals surface area contributed by atoms with Crippen molar-refractivity contribution in [3.8, 4) is 0 Å². The number of benzene rings is 3. The average molecular weight is 237 g/mol. The zero-order chi connectivity index (χ0) is 12.5. The van der Waals surface area contributed by atoms with Gasteiger partial charge < -0.3 is 5.11 Å². The molecule has 3 heteroatoms. The minimum Gasteiger partial charge on any atom is -0.465 e. The van der Waals surface area contributed by atoms with E-state index in [4.69, 9.17) is 5.11 Å². The molecule has 0 aliphatic rings. The second-order valence-corrected chi connectivity index (χ2v) is 4.16. The van der Waals surface area contributed by atoms with Crippen LogP contribution in [0.2, 0.25) is 0 Å². The Balaban J connectivity index is 2.32. The normalized spacial score (nSPS) is 10.7. The van der Waals surface area contributed by atoms with Crippen LogP contribution in [0.4, 0.5) is 10.5 Å². The molecule has 0 saturated carbocycles. The number of nitrogens with one attached hydrogen (secondary N) is 1. The van der Waals surface area contributed by atoms with Gasteiger partial charge in [-0.15, -0.1) is 0 Å². The lowest BCUT2D eigenvalue weighted by atomic mass is 10.0. The molecule has 3 nitrogen and oxygen atoms in total. The van der Waals surface area contributed by atoms with Gasteiger partial charge in [0.05, 0.1) is 5.69 Å². The van der Waals surface area contributed by atoms with Gasteiger partial charge in [-0.3, -0.25) is 5.32 Å². The molecule has 3 rings (SSSR count). The molecule has 0 saturated heterocycles. The summed E-state index contributed by atoms with van der Waals surface area (Å²) < 4.78 is 0. The third-order valence-electron chi connectivity index (χ3n) is 2.99. The van der Waals surface area contributed by atoms with Crippen LogP contribution in [-0.2, 0) is 0 Å². The van der Waals surface area contributed by atoms with Gasteiger partial charge in [0.15, 0.2) is 0 Å². The molecule has 0 aliphatic heterocycles. The number of rotatable bonds is 1. The molecule has 0 atom stereocenters. The van der Waals surface area contributed by atoms with Crippen molar-refractivity contribution in [1.29, 1.82) is 0 Å². The first-order valence-electron chi connectivity index (χ1n) is 5.65. The van der Waals surface area contributed by atoms with Crippen molar-refractivity contribution in [3.05, 3.63) is 54.6 Å². The summed E-state index contributed by atoms with van der Waals surface area (Å²) in [6.07, 6.45) is -1.05. The highest BCUT2D eigenvalue weighted by Crippen LogP contribution is 2.28. The Kier molecular flexibility index (Phi) is 2.38. The van der Waals surface area contributed by atoms with Gasteiger partial charge in [-0.2, -0.15) is 0 Å². The van der Waals surface area contributed by atoms with E-state index in [9.17, 15) is 4.79 Å². The summed E-state index contributed by atoms with van der Waals surface area (Å²) in [5.74, 6) is 0. The molecular weight excluding hydrogens is 226 g/mol. The summed E-state index contributed by atoms with van der Waals surface area (Å²) in [5.41, 5.74) is 0.616. The van der Waals surface area contributed by atoms with Crippen molar-refractivity contribution in [1.82, 2.24) is 0 Å². The lowest BCUT2D eigenvalue weighted by molar-refractivity contribution is 0.210. The molecule has 0 aromatic heterocycles. The fraction of sp³-hybridized carbons (Fsp3) is 0. The highest BCUT2D eigenvalue weighted by molar-refractivity contribution is 6.06. The van der Waals surface area contributed by atoms with Crippen molar-refractivity contribution >= 4 is 33.3 Å². The summed E-state index contributed by atoms with van der Waals surface area (Å²) in [7, 11) is 0. The number of anilines is 1. The van der Waals surface area contributed by atoms with Crippen molar-refractivity contribution in [2.45, 2.75) is 0 Å². The smallest absolute Gasteiger partial charge is 0.409 e. The van der Waals surface area contributed by atoms with Gasteiger partial charge in [-0.1, -0.05) is 36.4 Å². The van der Waals surface area contributed by atoms with Crippen molar-refractivity contribution < 1.29 is 9.90 Å². The molecule has 0 bridgehead atoms. The van der Waals surface area contributed by atoms with Crippen LogP contribution in [0.5, 0.6) is 0 Å². The first-order valence-corrected chi connectivity index (χ1v) is 5.65. The summed E-state index contributed by atoms with van der Waals surface area (Å²) in [6, 6.07) is 17.7. The van der Waals surface area contributed by atoms with E-state index in [2.05, 4.69) is 11.4 Å². The Bertz CT molecular complexity index is 750. The van der Waals surface area contributed by atoms with Crippen LogP contribution < -0.4 is 5.32 Å². The summed E-state index contributed by atoms with van der Waals surface area (Å²) in [6.45, 7) is 0. The Hall–Kier alpha value is -2.55. The maximum atomic E-state index is 10.8. The monoisotopic (exact) mass is 237 g/mol. The Morgan fingerprint density at radius 1 is 0.889 bits per heavy atom. The number of fused-ring (bicyclic) bond motifs is 2. The van der Waals surface area contributed by atoms with Crippen LogP contribution >= 0.6 is 0 Å². The van der Waals surface area contributed by atoms with Gasteiger partial charge >= 0.3 is 6.09 Å². The van der Waals surface area contributed by atoms with Crippen LogP contribution in [0, 0.1) is 0 Å². The first kappa shape index (κ1) is 10.6. The third kappa shape index (κ3) is 1.76. The third-order valence-corrected chi connectivity index (χ3v) is 2.99. The van der Waals surface area contributed by atoms with E-state index in [0.717, 1.165) is 21.5 Å². The molecule has 3 aromatic rings. The molecule has 1 amide bonds. The SMILES string of the molecule is O=C(O)Nc1cccc2cc3ccccc3cc12. The minimum atomic E-state index is -1.05. The van der Waals surface area contributed by atoms with E-state index < -0.39 is 6.09 Å². The topological polar surface area (TPSA) is 49.3 Å². The number of amides is 1. The van der Waals surface area contributed by atoms with Crippen LogP contribution in [0.15, 0.2) is 54.6 Å². The van der Waals surface area contributed by atoms with E-state index in [0.29, 0.717) is 5.69 Å². The number of hydrogen-bond donors (Lipinski definition) is 2. The van der Waals surface area contributed by atoms with Crippen LogP contribution in [0.25, 0.3) is 21.5 Å². The molecule has 0 radical (unpaired) electrons. The Labute approximate surface area is 104 Å². The maximum absolute atomic E-state index is 10.8. The predicted octanol–water partition coefficient (Wildman–Crippen LogP) is 4.08. The zero-order valence-corrected chi connectivity index (χ0v) is 9.55. The van der Waals surface area contributed by atoms with Crippen molar-refractivity contribution in [2.75, 3.05) is 5.32 Å². The molecule has 2 N–H and O–H groups in total. The summed E-state index contributed by atoms with van der Waals surface area (Å²) >= 11 is 0. The summed E-state index contributed by atoms with van der Waals surface area (Å²) in [5, 5.41) is 15.5. The van der Waals surface area contributed by atoms with Crippen LogP contribution in [0.1, 0.15) is 0 Å². The quantitative estimate of drug-likeness (QED) is 0.626.